The smallest absolute Gasteiger partial charge is 0.289 e. The highest BCUT2D eigenvalue weighted by Gasteiger charge is 2.25. The predicted octanol–water partition coefficient (Wildman–Crippen LogP) is 2.77. The first kappa shape index (κ1) is 27.3. The number of hydrogen-bond donors (Lipinski definition) is 3. The van der Waals surface area contributed by atoms with Crippen LogP contribution in [-0.2, 0) is 4.74 Å². The van der Waals surface area contributed by atoms with Crippen molar-refractivity contribution in [2.45, 2.75) is 33.6 Å². The first-order valence-electron chi connectivity index (χ1n) is 13.1. The Labute approximate surface area is 223 Å². The average molecular weight is 524 g/mol. The molecular formula is C27H37N7O4. The van der Waals surface area contributed by atoms with Gasteiger partial charge in [0.05, 0.1) is 30.7 Å². The third kappa shape index (κ3) is 5.89. The van der Waals surface area contributed by atoms with Crippen LogP contribution in [0.5, 0.6) is 11.5 Å². The zero-order valence-corrected chi connectivity index (χ0v) is 22.5. The molecule has 11 heteroatoms. The fraction of sp³-hybridized carbons (Fsp3) is 0.481. The lowest BCUT2D eigenvalue weighted by molar-refractivity contribution is 0.0936. The number of hydrogen-bond acceptors (Lipinski definition) is 9. The Morgan fingerprint density at radius 2 is 1.84 bits per heavy atom. The van der Waals surface area contributed by atoms with Crippen molar-refractivity contribution in [1.82, 2.24) is 30.0 Å². The summed E-state index contributed by atoms with van der Waals surface area (Å²) in [4.78, 5) is 22.3. The number of morpholine rings is 1. The van der Waals surface area contributed by atoms with Gasteiger partial charge in [0.25, 0.3) is 5.91 Å². The number of anilines is 1. The van der Waals surface area contributed by atoms with Crippen LogP contribution in [0, 0.1) is 0 Å². The fourth-order valence-electron chi connectivity index (χ4n) is 4.52. The first-order valence-corrected chi connectivity index (χ1v) is 13.1. The van der Waals surface area contributed by atoms with Gasteiger partial charge in [-0.05, 0) is 42.8 Å². The van der Waals surface area contributed by atoms with Crippen LogP contribution in [0.4, 0.5) is 5.82 Å². The Bertz CT molecular complexity index is 1230. The van der Waals surface area contributed by atoms with E-state index in [0.717, 1.165) is 32.0 Å². The maximum Gasteiger partial charge on any atom is 0.289 e. The molecule has 1 aliphatic rings. The van der Waals surface area contributed by atoms with Gasteiger partial charge >= 0.3 is 0 Å². The number of benzene rings is 1. The molecule has 204 valence electrons. The van der Waals surface area contributed by atoms with E-state index in [1.165, 1.54) is 6.07 Å². The minimum Gasteiger partial charge on any atom is -0.508 e. The molecule has 0 bridgehead atoms. The summed E-state index contributed by atoms with van der Waals surface area (Å²) in [6, 6.07) is 6.74. The molecule has 3 heterocycles. The Hall–Kier alpha value is -3.70. The van der Waals surface area contributed by atoms with Crippen LogP contribution in [0.3, 0.4) is 0 Å². The van der Waals surface area contributed by atoms with E-state index in [-0.39, 0.29) is 35.0 Å². The summed E-state index contributed by atoms with van der Waals surface area (Å²) in [5, 5.41) is 32.6. The molecule has 11 nitrogen and oxygen atoms in total. The summed E-state index contributed by atoms with van der Waals surface area (Å²) < 4.78 is 7.04. The van der Waals surface area contributed by atoms with Gasteiger partial charge in [0.15, 0.2) is 5.82 Å². The molecule has 1 saturated heterocycles. The maximum absolute atomic E-state index is 13.3. The molecule has 0 spiro atoms. The van der Waals surface area contributed by atoms with Gasteiger partial charge in [0.1, 0.15) is 17.3 Å². The molecular weight excluding hydrogens is 486 g/mol. The highest BCUT2D eigenvalue weighted by atomic mass is 16.5. The van der Waals surface area contributed by atoms with E-state index in [9.17, 15) is 15.0 Å². The molecule has 4 rings (SSSR count). The van der Waals surface area contributed by atoms with Crippen molar-refractivity contribution < 1.29 is 19.7 Å². The van der Waals surface area contributed by atoms with Crippen LogP contribution < -0.4 is 10.2 Å². The van der Waals surface area contributed by atoms with Gasteiger partial charge in [0.2, 0.25) is 5.82 Å². The molecule has 38 heavy (non-hydrogen) atoms. The number of rotatable bonds is 10. The van der Waals surface area contributed by atoms with Crippen LogP contribution >= 0.6 is 0 Å². The number of amides is 1. The van der Waals surface area contributed by atoms with Gasteiger partial charge in [-0.15, -0.1) is 10.2 Å². The normalized spacial score (nSPS) is 13.9. The van der Waals surface area contributed by atoms with Crippen LogP contribution in [0.25, 0.3) is 17.1 Å². The molecule has 1 aliphatic heterocycles. The molecule has 1 amide bonds. The molecule has 0 saturated carbocycles. The topological polar surface area (TPSA) is 129 Å². The largest absolute Gasteiger partial charge is 0.508 e. The number of likely N-dealkylation sites (N-methyl/N-ethyl adjacent to an activating group) is 1. The molecule has 2 aromatic heterocycles. The Morgan fingerprint density at radius 3 is 2.47 bits per heavy atom. The highest BCUT2D eigenvalue weighted by molar-refractivity contribution is 5.92. The lowest BCUT2D eigenvalue weighted by Crippen LogP contribution is -2.36. The minimum absolute atomic E-state index is 0.00165. The molecule has 1 fully saturated rings. The van der Waals surface area contributed by atoms with Gasteiger partial charge in [-0.25, -0.2) is 4.98 Å². The molecule has 3 N–H and O–H groups in total. The predicted molar refractivity (Wildman–Crippen MR) is 145 cm³/mol. The number of pyridine rings is 1. The zero-order chi connectivity index (χ0) is 27.2. The van der Waals surface area contributed by atoms with Crippen molar-refractivity contribution in [1.29, 1.82) is 0 Å². The number of ether oxygens (including phenoxy) is 1. The van der Waals surface area contributed by atoms with Gasteiger partial charge in [-0.3, -0.25) is 9.36 Å². The summed E-state index contributed by atoms with van der Waals surface area (Å²) in [5.41, 5.74) is 1.59. The number of aromatic hydroxyl groups is 2. The van der Waals surface area contributed by atoms with Crippen molar-refractivity contribution in [2.24, 2.45) is 0 Å². The van der Waals surface area contributed by atoms with E-state index in [4.69, 9.17) is 4.74 Å². The maximum atomic E-state index is 13.3. The van der Waals surface area contributed by atoms with Crippen LogP contribution in [0.2, 0.25) is 0 Å². The zero-order valence-electron chi connectivity index (χ0n) is 22.5. The van der Waals surface area contributed by atoms with Crippen molar-refractivity contribution in [3.63, 3.8) is 0 Å². The summed E-state index contributed by atoms with van der Waals surface area (Å²) in [6.07, 6.45) is 1.67. The second kappa shape index (κ2) is 12.2. The number of phenols is 2. The second-order valence-electron chi connectivity index (χ2n) is 9.52. The first-order chi connectivity index (χ1) is 18.3. The molecule has 0 atom stereocenters. The Balaban J connectivity index is 1.73. The van der Waals surface area contributed by atoms with Crippen molar-refractivity contribution in [3.8, 4) is 28.6 Å². The van der Waals surface area contributed by atoms with E-state index < -0.39 is 0 Å². The van der Waals surface area contributed by atoms with Crippen LogP contribution in [-0.4, -0.2) is 93.3 Å². The number of aromatic nitrogens is 4. The van der Waals surface area contributed by atoms with Crippen molar-refractivity contribution in [2.75, 3.05) is 57.4 Å². The number of carbonyl (C=O) groups excluding carboxylic acids is 1. The Morgan fingerprint density at radius 1 is 1.11 bits per heavy atom. The highest BCUT2D eigenvalue weighted by Crippen LogP contribution is 2.38. The monoisotopic (exact) mass is 523 g/mol. The minimum atomic E-state index is -0.379. The van der Waals surface area contributed by atoms with Crippen LogP contribution in [0.1, 0.15) is 49.8 Å². The van der Waals surface area contributed by atoms with Crippen LogP contribution in [0.15, 0.2) is 30.5 Å². The number of nitrogens with one attached hydrogen (secondary N) is 1. The van der Waals surface area contributed by atoms with E-state index >= 15 is 0 Å². The van der Waals surface area contributed by atoms with Gasteiger partial charge in [-0.1, -0.05) is 27.7 Å². The van der Waals surface area contributed by atoms with E-state index in [1.807, 2.05) is 26.0 Å². The van der Waals surface area contributed by atoms with Gasteiger partial charge in [0, 0.05) is 32.2 Å². The molecule has 0 unspecified atom stereocenters. The van der Waals surface area contributed by atoms with E-state index in [1.54, 1.807) is 16.8 Å². The number of carbonyl (C=O) groups is 1. The van der Waals surface area contributed by atoms with Gasteiger partial charge in [-0.2, -0.15) is 0 Å². The summed E-state index contributed by atoms with van der Waals surface area (Å²) >= 11 is 0. The third-order valence-electron chi connectivity index (χ3n) is 6.81. The fourth-order valence-corrected chi connectivity index (χ4v) is 4.52. The Kier molecular flexibility index (Phi) is 8.80. The summed E-state index contributed by atoms with van der Waals surface area (Å²) in [7, 11) is 0. The van der Waals surface area contributed by atoms with E-state index in [2.05, 4.69) is 44.1 Å². The number of phenolic OH excluding ortho intramolecular Hbond substituents is 2. The SMILES string of the molecule is CCN(CC)CCNC(=O)c1nnc(-c2cc(C(C)C)c(O)cc2O)n1-c1ccc(N2CCOCC2)nc1. The quantitative estimate of drug-likeness (QED) is 0.367. The third-order valence-corrected chi connectivity index (χ3v) is 6.81. The lowest BCUT2D eigenvalue weighted by Gasteiger charge is -2.27. The molecule has 0 aliphatic carbocycles. The molecule has 0 radical (unpaired) electrons. The average Bonchev–Trinajstić information content (AvgIpc) is 3.36. The van der Waals surface area contributed by atoms with Gasteiger partial charge < -0.3 is 30.1 Å². The number of nitrogens with zero attached hydrogens (tertiary/aromatic N) is 6. The summed E-state index contributed by atoms with van der Waals surface area (Å²) in [5.74, 6) is 0.633. The van der Waals surface area contributed by atoms with Crippen molar-refractivity contribution in [3.05, 3.63) is 41.9 Å². The second-order valence-corrected chi connectivity index (χ2v) is 9.52. The van der Waals surface area contributed by atoms with Crippen molar-refractivity contribution >= 4 is 11.7 Å². The standard InChI is InChI=1S/C27H37N7O4/c1-5-32(6-2)10-9-28-27(37)26-31-30-25(21-15-20(18(3)4)22(35)16-23(21)36)34(26)19-7-8-24(29-17-19)33-11-13-38-14-12-33/h7-8,15-18,35-36H,5-6,9-14H2,1-4H3,(H,28,37). The molecule has 1 aromatic carbocycles. The van der Waals surface area contributed by atoms with E-state index in [0.29, 0.717) is 43.1 Å². The molecule has 3 aromatic rings. The lowest BCUT2D eigenvalue weighted by atomic mass is 9.98. The summed E-state index contributed by atoms with van der Waals surface area (Å²) in [6.45, 7) is 13.8.